The second kappa shape index (κ2) is 13.5. The van der Waals surface area contributed by atoms with Gasteiger partial charge in [0.25, 0.3) is 0 Å². The van der Waals surface area contributed by atoms with Crippen molar-refractivity contribution in [3.05, 3.63) is 168 Å². The Morgan fingerprint density at radius 3 is 1.55 bits per heavy atom. The van der Waals surface area contributed by atoms with Crippen molar-refractivity contribution >= 4 is 52.5 Å². The molecule has 7 aromatic carbocycles. The number of hydrogen-bond acceptors (Lipinski definition) is 0. The molecule has 7 aromatic rings. The minimum atomic E-state index is -2.44. The van der Waals surface area contributed by atoms with Crippen molar-refractivity contribution in [2.75, 3.05) is 0 Å². The van der Waals surface area contributed by atoms with Crippen molar-refractivity contribution in [3.8, 4) is 0 Å². The number of fused-ring (bicyclic) bond motifs is 4. The van der Waals surface area contributed by atoms with Crippen molar-refractivity contribution in [3.63, 3.8) is 0 Å². The van der Waals surface area contributed by atoms with Crippen LogP contribution in [0.1, 0.15) is 22.3 Å². The summed E-state index contributed by atoms with van der Waals surface area (Å²) in [5.41, 5.74) is 5.05. The van der Waals surface area contributed by atoms with Gasteiger partial charge in [0.15, 0.2) is 0 Å². The first-order valence-electron chi connectivity index (χ1n) is 13.3. The standard InChI is InChI=1S/C13H9.C13H10.C11H11.2ClH.Zr/c1-3-7-12-10(5-1)9-11-6-2-4-8-13(11)12;1-3-7-12(8-4-1)11-13-9-5-2-6-10-13;1-8-6-10-4-3-5-11(10)7-9(8)2;;;/h1-9H;1-10H;3-7H,1-2H3;2*1H;/q-1;;-1;;;+2/p-2. The van der Waals surface area contributed by atoms with Crippen LogP contribution in [0.15, 0.2) is 146 Å². The molecule has 0 atom stereocenters. The van der Waals surface area contributed by atoms with Gasteiger partial charge in [-0.25, -0.2) is 0 Å². The Kier molecular flexibility index (Phi) is 9.61. The predicted octanol–water partition coefficient (Wildman–Crippen LogP) is 11.1. The van der Waals surface area contributed by atoms with Crippen LogP contribution in [0.5, 0.6) is 0 Å². The van der Waals surface area contributed by atoms with Gasteiger partial charge < -0.3 is 0 Å². The number of halogens is 2. The molecular formula is C37H30Cl2Zr-2. The molecule has 0 fully saturated rings. The average Bonchev–Trinajstić information content (AvgIpc) is 3.59. The molecule has 0 heterocycles. The topological polar surface area (TPSA) is 0 Å². The molecule has 0 aliphatic rings. The van der Waals surface area contributed by atoms with Crippen LogP contribution in [0, 0.1) is 13.8 Å². The summed E-state index contributed by atoms with van der Waals surface area (Å²) in [6.45, 7) is 4.31. The first-order chi connectivity index (χ1) is 19.5. The van der Waals surface area contributed by atoms with E-state index in [0.29, 0.717) is 0 Å². The summed E-state index contributed by atoms with van der Waals surface area (Å²) in [5, 5.41) is 8.10. The van der Waals surface area contributed by atoms with Gasteiger partial charge in [-0.05, 0) is 13.8 Å². The number of benzene rings is 5. The molecular weight excluding hydrogens is 607 g/mol. The molecule has 0 N–H and O–H groups in total. The van der Waals surface area contributed by atoms with Crippen LogP contribution in [0.2, 0.25) is 0 Å². The van der Waals surface area contributed by atoms with E-state index in [0.717, 1.165) is 14.3 Å². The molecule has 0 saturated heterocycles. The van der Waals surface area contributed by atoms with Crippen LogP contribution in [0.25, 0.3) is 32.3 Å². The Labute approximate surface area is 251 Å². The molecule has 0 spiro atoms. The average molecular weight is 637 g/mol. The van der Waals surface area contributed by atoms with E-state index in [2.05, 4.69) is 123 Å². The van der Waals surface area contributed by atoms with Crippen LogP contribution in [-0.4, -0.2) is 3.21 Å². The summed E-state index contributed by atoms with van der Waals surface area (Å²) >= 11 is -2.44. The smallest absolute Gasteiger partial charge is 0.0771 e. The molecule has 0 bridgehead atoms. The first kappa shape index (κ1) is 28.4. The third-order valence-corrected chi connectivity index (χ3v) is 11.7. The maximum Gasteiger partial charge on any atom is -0.0771 e. The molecule has 7 rings (SSSR count). The summed E-state index contributed by atoms with van der Waals surface area (Å²) in [6, 6.07) is 50.5. The van der Waals surface area contributed by atoms with Gasteiger partial charge in [-0.2, -0.15) is 12.1 Å². The molecule has 40 heavy (non-hydrogen) atoms. The van der Waals surface area contributed by atoms with Crippen molar-refractivity contribution in [1.82, 2.24) is 0 Å². The van der Waals surface area contributed by atoms with Gasteiger partial charge in [0.05, 0.1) is 0 Å². The quantitative estimate of drug-likeness (QED) is 0.166. The Morgan fingerprint density at radius 1 is 0.550 bits per heavy atom. The minimum absolute atomic E-state index is 1.15. The molecule has 0 saturated carbocycles. The number of hydrogen-bond donors (Lipinski definition) is 0. The van der Waals surface area contributed by atoms with Crippen molar-refractivity contribution < 1.29 is 18.9 Å². The summed E-state index contributed by atoms with van der Waals surface area (Å²) in [5.74, 6) is 0. The fourth-order valence-corrected chi connectivity index (χ4v) is 9.38. The normalized spacial score (nSPS) is 10.5. The largest absolute Gasteiger partial charge is 0.126 e. The minimum Gasteiger partial charge on any atom is -0.126 e. The third kappa shape index (κ3) is 6.79. The van der Waals surface area contributed by atoms with E-state index in [9.17, 15) is 0 Å². The molecule has 0 aromatic heterocycles. The van der Waals surface area contributed by atoms with Crippen LogP contribution in [0.3, 0.4) is 0 Å². The zero-order chi connectivity index (χ0) is 27.9. The monoisotopic (exact) mass is 634 g/mol. The van der Waals surface area contributed by atoms with E-state index in [1.165, 1.54) is 43.4 Å². The molecule has 0 radical (unpaired) electrons. The fraction of sp³-hybridized carbons (Fsp3) is 0.0541. The van der Waals surface area contributed by atoms with E-state index >= 15 is 0 Å². The Morgan fingerprint density at radius 2 is 1.02 bits per heavy atom. The fourth-order valence-electron chi connectivity index (χ4n) is 4.90. The summed E-state index contributed by atoms with van der Waals surface area (Å²) in [7, 11) is 12.5. The van der Waals surface area contributed by atoms with Gasteiger partial charge in [0.2, 0.25) is 0 Å². The van der Waals surface area contributed by atoms with Crippen molar-refractivity contribution in [2.45, 2.75) is 13.8 Å². The van der Waals surface area contributed by atoms with Crippen LogP contribution < -0.4 is 0 Å². The first-order valence-corrected chi connectivity index (χ1v) is 20.9. The number of aryl methyl sites for hydroxylation is 2. The second-order valence-electron chi connectivity index (χ2n) is 9.78. The maximum atomic E-state index is 6.24. The second-order valence-corrected chi connectivity index (χ2v) is 17.9. The van der Waals surface area contributed by atoms with E-state index in [1.807, 2.05) is 36.4 Å². The van der Waals surface area contributed by atoms with E-state index in [-0.39, 0.29) is 0 Å². The van der Waals surface area contributed by atoms with E-state index < -0.39 is 18.9 Å². The van der Waals surface area contributed by atoms with Crippen molar-refractivity contribution in [2.24, 2.45) is 0 Å². The predicted molar refractivity (Wildman–Crippen MR) is 174 cm³/mol. The Hall–Kier alpha value is -3.09. The SMILES string of the molecule is Cc1cc2cc[cH-]c2cc1C.[Cl][Zr]([Cl])=[C](c1ccccc1)c1ccccc1.c1ccc2c(c1)[cH-]c1ccccc12. The molecule has 0 amide bonds. The van der Waals surface area contributed by atoms with E-state index in [1.54, 1.807) is 0 Å². The number of rotatable bonds is 2. The third-order valence-electron chi connectivity index (χ3n) is 7.09. The van der Waals surface area contributed by atoms with Gasteiger partial charge >= 0.3 is 111 Å². The van der Waals surface area contributed by atoms with E-state index in [4.69, 9.17) is 17.0 Å². The van der Waals surface area contributed by atoms with Gasteiger partial charge in [0.1, 0.15) is 0 Å². The summed E-state index contributed by atoms with van der Waals surface area (Å²) < 4.78 is 1.15. The maximum absolute atomic E-state index is 6.24. The Balaban J connectivity index is 0.000000123. The summed E-state index contributed by atoms with van der Waals surface area (Å²) in [4.78, 5) is 0. The summed E-state index contributed by atoms with van der Waals surface area (Å²) in [6.07, 6.45) is 0. The van der Waals surface area contributed by atoms with Crippen LogP contribution in [0.4, 0.5) is 0 Å². The van der Waals surface area contributed by atoms with Gasteiger partial charge in [0, 0.05) is 0 Å². The van der Waals surface area contributed by atoms with Gasteiger partial charge in [-0.3, -0.25) is 0 Å². The van der Waals surface area contributed by atoms with Crippen LogP contribution in [-0.2, 0) is 18.9 Å². The molecule has 0 aliphatic heterocycles. The zero-order valence-corrected chi connectivity index (χ0v) is 26.6. The molecule has 3 heteroatoms. The van der Waals surface area contributed by atoms with Gasteiger partial charge in [-0.15, -0.1) is 68.7 Å². The van der Waals surface area contributed by atoms with Gasteiger partial charge in [-0.1, -0.05) is 47.5 Å². The molecule has 198 valence electrons. The molecule has 0 aliphatic carbocycles. The molecule has 0 nitrogen and oxygen atoms in total. The zero-order valence-electron chi connectivity index (χ0n) is 22.6. The Bertz CT molecular complexity index is 1740. The van der Waals surface area contributed by atoms with Crippen LogP contribution >= 0.6 is 17.0 Å². The molecule has 0 unspecified atom stereocenters. The van der Waals surface area contributed by atoms with Crippen molar-refractivity contribution in [1.29, 1.82) is 0 Å².